The maximum atomic E-state index is 8.87. The average Bonchev–Trinajstić information content (AvgIpc) is 2.44. The summed E-state index contributed by atoms with van der Waals surface area (Å²) in [5.74, 6) is 0. The fourth-order valence-corrected chi connectivity index (χ4v) is 10.6. The second kappa shape index (κ2) is 9.45. The summed E-state index contributed by atoms with van der Waals surface area (Å²) in [6, 6.07) is 11.7. The Hall–Kier alpha value is -0.686. The van der Waals surface area contributed by atoms with Crippen molar-refractivity contribution in [3.8, 4) is 0 Å². The quantitative estimate of drug-likeness (QED) is 0.469. The summed E-state index contributed by atoms with van der Waals surface area (Å²) < 4.78 is 6.60. The highest BCUT2D eigenvalue weighted by atomic mass is 28.4. The van der Waals surface area contributed by atoms with Crippen molar-refractivity contribution in [3.63, 3.8) is 0 Å². The Morgan fingerprint density at radius 2 is 1.59 bits per heavy atom. The van der Waals surface area contributed by atoms with Gasteiger partial charge in [0.25, 0.3) is 0 Å². The van der Waals surface area contributed by atoms with E-state index < -0.39 is 16.6 Å². The Kier molecular flexibility index (Phi) is 8.32. The van der Waals surface area contributed by atoms with E-state index in [-0.39, 0.29) is 0 Å². The molecule has 1 atom stereocenters. The number of aliphatic hydroxyl groups is 1. The zero-order valence-electron chi connectivity index (χ0n) is 14.6. The molecule has 2 nitrogen and oxygen atoms in total. The number of unbranched alkanes of at least 4 members (excludes halogenated alkanes) is 3. The lowest BCUT2D eigenvalue weighted by molar-refractivity contribution is 0.283. The molecule has 4 heteroatoms. The second-order valence-corrected chi connectivity index (χ2v) is 15.7. The van der Waals surface area contributed by atoms with Crippen LogP contribution in [0.5, 0.6) is 0 Å². The first-order valence-corrected chi connectivity index (χ1v) is 14.5. The van der Waals surface area contributed by atoms with Crippen LogP contribution in [0.4, 0.5) is 0 Å². The van der Waals surface area contributed by atoms with E-state index in [9.17, 15) is 0 Å². The third kappa shape index (κ3) is 8.68. The molecule has 0 saturated heterocycles. The van der Waals surface area contributed by atoms with Gasteiger partial charge in [-0.25, -0.2) is 0 Å². The van der Waals surface area contributed by atoms with Crippen molar-refractivity contribution in [1.82, 2.24) is 0 Å². The normalized spacial score (nSPS) is 15.1. The van der Waals surface area contributed by atoms with E-state index in [4.69, 9.17) is 9.22 Å². The first kappa shape index (κ1) is 19.4. The van der Waals surface area contributed by atoms with Crippen molar-refractivity contribution in [2.75, 3.05) is 6.61 Å². The van der Waals surface area contributed by atoms with Crippen LogP contribution in [0.25, 0.3) is 6.08 Å². The fraction of sp³-hybridized carbons (Fsp3) is 0.556. The van der Waals surface area contributed by atoms with Crippen molar-refractivity contribution < 1.29 is 9.22 Å². The minimum absolute atomic E-state index is 0.314. The number of hydrogen-bond acceptors (Lipinski definition) is 2. The van der Waals surface area contributed by atoms with Gasteiger partial charge in [-0.15, -0.1) is 0 Å². The Balaban J connectivity index is 2.67. The molecule has 0 aliphatic heterocycles. The number of aliphatic hydroxyl groups excluding tert-OH is 1. The van der Waals surface area contributed by atoms with E-state index in [2.05, 4.69) is 62.2 Å². The Labute approximate surface area is 138 Å². The van der Waals surface area contributed by atoms with Crippen molar-refractivity contribution in [1.29, 1.82) is 0 Å². The molecule has 22 heavy (non-hydrogen) atoms. The zero-order valence-corrected chi connectivity index (χ0v) is 16.6. The molecule has 0 radical (unpaired) electrons. The lowest BCUT2D eigenvalue weighted by atomic mass is 10.2. The number of rotatable bonds is 10. The minimum Gasteiger partial charge on any atom is -0.453 e. The predicted molar refractivity (Wildman–Crippen MR) is 102 cm³/mol. The van der Waals surface area contributed by atoms with Gasteiger partial charge >= 0.3 is 0 Å². The Bertz CT molecular complexity index is 440. The maximum Gasteiger partial charge on any atom is 0.201 e. The first-order valence-electron chi connectivity index (χ1n) is 8.40. The van der Waals surface area contributed by atoms with Gasteiger partial charge in [-0.2, -0.15) is 0 Å². The third-order valence-electron chi connectivity index (χ3n) is 3.55. The lowest BCUT2D eigenvalue weighted by Crippen LogP contribution is -2.43. The monoisotopic (exact) mass is 336 g/mol. The summed E-state index contributed by atoms with van der Waals surface area (Å²) in [4.78, 5) is 0. The average molecular weight is 337 g/mol. The van der Waals surface area contributed by atoms with Crippen LogP contribution in [-0.2, 0) is 4.12 Å². The van der Waals surface area contributed by atoms with Crippen LogP contribution in [0.15, 0.2) is 36.0 Å². The molecule has 0 aromatic heterocycles. The molecule has 1 aromatic carbocycles. The maximum absolute atomic E-state index is 8.87. The zero-order chi connectivity index (χ0) is 16.5. The molecule has 0 fully saturated rings. The molecule has 0 amide bonds. The van der Waals surface area contributed by atoms with Crippen molar-refractivity contribution >= 4 is 22.7 Å². The van der Waals surface area contributed by atoms with Crippen LogP contribution in [0.1, 0.15) is 31.2 Å². The molecule has 1 aromatic rings. The van der Waals surface area contributed by atoms with E-state index in [1.807, 2.05) is 6.07 Å². The SMILES string of the molecule is C[Si](C)(C)O[Si](C)(C=Cc1ccccc1)CCCCCCO. The molecule has 0 saturated carbocycles. The van der Waals surface area contributed by atoms with Gasteiger partial charge in [0.05, 0.1) is 0 Å². The standard InChI is InChI=1S/C18H32O2Si2/c1-21(2,3)20-22(4,16-11-6-5-10-15-19)17-14-18-12-8-7-9-13-18/h7-9,12-14,17,19H,5-6,10-11,15-16H2,1-4H3. The molecule has 0 bridgehead atoms. The van der Waals surface area contributed by atoms with Crippen LogP contribution in [0, 0.1) is 0 Å². The van der Waals surface area contributed by atoms with Gasteiger partial charge in [-0.05, 0) is 44.2 Å². The topological polar surface area (TPSA) is 29.5 Å². The summed E-state index contributed by atoms with van der Waals surface area (Å²) in [7, 11) is -3.34. The molecular formula is C18H32O2Si2. The van der Waals surface area contributed by atoms with Crippen molar-refractivity contribution in [3.05, 3.63) is 41.6 Å². The minimum atomic E-state index is -1.81. The highest BCUT2D eigenvalue weighted by Crippen LogP contribution is 2.24. The lowest BCUT2D eigenvalue weighted by Gasteiger charge is -2.32. The van der Waals surface area contributed by atoms with E-state index >= 15 is 0 Å². The number of benzene rings is 1. The van der Waals surface area contributed by atoms with Gasteiger partial charge in [0.2, 0.25) is 8.32 Å². The van der Waals surface area contributed by atoms with Gasteiger partial charge in [-0.1, -0.05) is 61.4 Å². The largest absolute Gasteiger partial charge is 0.453 e. The summed E-state index contributed by atoms with van der Waals surface area (Å²) >= 11 is 0. The Morgan fingerprint density at radius 1 is 0.955 bits per heavy atom. The van der Waals surface area contributed by atoms with Crippen molar-refractivity contribution in [2.45, 2.75) is 57.9 Å². The molecule has 0 spiro atoms. The number of hydrogen-bond donors (Lipinski definition) is 1. The van der Waals surface area contributed by atoms with Gasteiger partial charge in [0, 0.05) is 6.61 Å². The predicted octanol–water partition coefficient (Wildman–Crippen LogP) is 5.22. The van der Waals surface area contributed by atoms with Gasteiger partial charge in [0.15, 0.2) is 8.32 Å². The Morgan fingerprint density at radius 3 is 2.18 bits per heavy atom. The summed E-state index contributed by atoms with van der Waals surface area (Å²) in [6.07, 6.45) is 6.67. The van der Waals surface area contributed by atoms with E-state index in [1.165, 1.54) is 24.4 Å². The molecule has 0 aliphatic rings. The van der Waals surface area contributed by atoms with E-state index in [0.717, 1.165) is 12.8 Å². The fourth-order valence-electron chi connectivity index (χ4n) is 2.65. The van der Waals surface area contributed by atoms with Crippen LogP contribution in [0.2, 0.25) is 32.2 Å². The highest BCUT2D eigenvalue weighted by molar-refractivity contribution is 6.88. The molecular weight excluding hydrogens is 304 g/mol. The summed E-state index contributed by atoms with van der Waals surface area (Å²) in [5.41, 5.74) is 3.62. The molecule has 0 heterocycles. The smallest absolute Gasteiger partial charge is 0.201 e. The second-order valence-electron chi connectivity index (χ2n) is 7.16. The van der Waals surface area contributed by atoms with Crippen molar-refractivity contribution in [2.24, 2.45) is 0 Å². The van der Waals surface area contributed by atoms with E-state index in [0.29, 0.717) is 6.61 Å². The molecule has 124 valence electrons. The van der Waals surface area contributed by atoms with Gasteiger partial charge in [0.1, 0.15) is 0 Å². The summed E-state index contributed by atoms with van der Waals surface area (Å²) in [6.45, 7) is 9.49. The first-order chi connectivity index (χ1) is 10.3. The van der Waals surface area contributed by atoms with Crippen LogP contribution < -0.4 is 0 Å². The van der Waals surface area contributed by atoms with E-state index in [1.54, 1.807) is 0 Å². The third-order valence-corrected chi connectivity index (χ3v) is 10.1. The molecule has 1 N–H and O–H groups in total. The molecule has 1 rings (SSSR count). The summed E-state index contributed by atoms with van der Waals surface area (Å²) in [5, 5.41) is 8.87. The van der Waals surface area contributed by atoms with Crippen LogP contribution in [0.3, 0.4) is 0 Å². The molecule has 0 aliphatic carbocycles. The van der Waals surface area contributed by atoms with Gasteiger partial charge in [-0.3, -0.25) is 0 Å². The highest BCUT2D eigenvalue weighted by Gasteiger charge is 2.31. The molecule has 1 unspecified atom stereocenters. The van der Waals surface area contributed by atoms with Crippen LogP contribution >= 0.6 is 0 Å². The van der Waals surface area contributed by atoms with Gasteiger partial charge < -0.3 is 9.22 Å². The van der Waals surface area contributed by atoms with Crippen LogP contribution in [-0.4, -0.2) is 28.3 Å².